The normalized spacial score (nSPS) is 32.0. The molecule has 0 aliphatic carbocycles. The third kappa shape index (κ3) is 2.48. The average Bonchev–Trinajstić information content (AvgIpc) is 2.03. The first kappa shape index (κ1) is 10.0. The molecule has 1 nitrogen and oxygen atoms in total. The van der Waals surface area contributed by atoms with Gasteiger partial charge in [-0.3, -0.25) is 0 Å². The van der Waals surface area contributed by atoms with Gasteiger partial charge in [0.2, 0.25) is 0 Å². The SMILES string of the molecule is CCC1CCC(C(C)(C)C)CO1. The first-order valence-electron chi connectivity index (χ1n) is 5.15. The van der Waals surface area contributed by atoms with Crippen molar-refractivity contribution in [3.63, 3.8) is 0 Å². The second-order valence-corrected chi connectivity index (χ2v) is 5.00. The van der Waals surface area contributed by atoms with Crippen LogP contribution in [0.15, 0.2) is 0 Å². The lowest BCUT2D eigenvalue weighted by molar-refractivity contribution is -0.0468. The fraction of sp³-hybridized carbons (Fsp3) is 1.00. The molecular weight excluding hydrogens is 148 g/mol. The molecule has 1 aliphatic heterocycles. The van der Waals surface area contributed by atoms with Gasteiger partial charge >= 0.3 is 0 Å². The third-order valence-corrected chi connectivity index (χ3v) is 3.05. The van der Waals surface area contributed by atoms with E-state index >= 15 is 0 Å². The maximum Gasteiger partial charge on any atom is 0.0572 e. The van der Waals surface area contributed by atoms with Gasteiger partial charge in [-0.1, -0.05) is 27.7 Å². The number of hydrogen-bond donors (Lipinski definition) is 0. The summed E-state index contributed by atoms with van der Waals surface area (Å²) < 4.78 is 5.77. The Morgan fingerprint density at radius 2 is 1.92 bits per heavy atom. The van der Waals surface area contributed by atoms with Crippen LogP contribution in [-0.4, -0.2) is 12.7 Å². The molecule has 1 heteroatoms. The zero-order valence-corrected chi connectivity index (χ0v) is 8.89. The molecule has 0 spiro atoms. The molecule has 0 N–H and O–H groups in total. The van der Waals surface area contributed by atoms with E-state index in [4.69, 9.17) is 4.74 Å². The molecule has 72 valence electrons. The molecule has 0 aromatic rings. The van der Waals surface area contributed by atoms with Crippen LogP contribution in [0, 0.1) is 11.3 Å². The standard InChI is InChI=1S/C11H22O/c1-5-10-7-6-9(8-12-10)11(2,3)4/h9-10H,5-8H2,1-4H3. The second kappa shape index (κ2) is 3.78. The van der Waals surface area contributed by atoms with Crippen LogP contribution >= 0.6 is 0 Å². The van der Waals surface area contributed by atoms with Crippen LogP contribution in [0.3, 0.4) is 0 Å². The van der Waals surface area contributed by atoms with Gasteiger partial charge in [-0.2, -0.15) is 0 Å². The highest BCUT2D eigenvalue weighted by Crippen LogP contribution is 2.34. The highest BCUT2D eigenvalue weighted by atomic mass is 16.5. The molecule has 0 amide bonds. The summed E-state index contributed by atoms with van der Waals surface area (Å²) in [7, 11) is 0. The molecule has 1 aliphatic rings. The van der Waals surface area contributed by atoms with E-state index in [0.717, 1.165) is 12.5 Å². The van der Waals surface area contributed by atoms with Crippen molar-refractivity contribution in [3.8, 4) is 0 Å². The molecule has 0 aromatic heterocycles. The summed E-state index contributed by atoms with van der Waals surface area (Å²) in [5, 5.41) is 0. The van der Waals surface area contributed by atoms with E-state index < -0.39 is 0 Å². The van der Waals surface area contributed by atoms with Crippen molar-refractivity contribution in [2.24, 2.45) is 11.3 Å². The summed E-state index contributed by atoms with van der Waals surface area (Å²) in [5.41, 5.74) is 0.429. The lowest BCUT2D eigenvalue weighted by Gasteiger charge is -2.36. The highest BCUT2D eigenvalue weighted by Gasteiger charge is 2.29. The summed E-state index contributed by atoms with van der Waals surface area (Å²) in [6.45, 7) is 10.1. The lowest BCUT2D eigenvalue weighted by Crippen LogP contribution is -2.33. The molecule has 0 bridgehead atoms. The van der Waals surface area contributed by atoms with Gasteiger partial charge in [0.1, 0.15) is 0 Å². The fourth-order valence-corrected chi connectivity index (χ4v) is 1.81. The Morgan fingerprint density at radius 1 is 1.25 bits per heavy atom. The molecule has 1 saturated heterocycles. The van der Waals surface area contributed by atoms with Crippen molar-refractivity contribution < 1.29 is 4.74 Å². The molecule has 1 heterocycles. The summed E-state index contributed by atoms with van der Waals surface area (Å²) >= 11 is 0. The van der Waals surface area contributed by atoms with E-state index in [1.807, 2.05) is 0 Å². The molecule has 0 aromatic carbocycles. The topological polar surface area (TPSA) is 9.23 Å². The second-order valence-electron chi connectivity index (χ2n) is 5.00. The maximum absolute atomic E-state index is 5.77. The summed E-state index contributed by atoms with van der Waals surface area (Å²) in [6.07, 6.45) is 4.33. The predicted octanol–water partition coefficient (Wildman–Crippen LogP) is 3.24. The Bertz CT molecular complexity index is 126. The van der Waals surface area contributed by atoms with Gasteiger partial charge in [-0.25, -0.2) is 0 Å². The van der Waals surface area contributed by atoms with Crippen LogP contribution in [0.2, 0.25) is 0 Å². The van der Waals surface area contributed by atoms with Crippen molar-refractivity contribution >= 4 is 0 Å². The van der Waals surface area contributed by atoms with E-state index in [1.54, 1.807) is 0 Å². The Labute approximate surface area is 76.5 Å². The number of ether oxygens (including phenoxy) is 1. The maximum atomic E-state index is 5.77. The zero-order chi connectivity index (χ0) is 9.19. The third-order valence-electron chi connectivity index (χ3n) is 3.05. The van der Waals surface area contributed by atoms with Crippen LogP contribution < -0.4 is 0 Å². The van der Waals surface area contributed by atoms with Gasteiger partial charge in [-0.15, -0.1) is 0 Å². The molecule has 1 fully saturated rings. The smallest absolute Gasteiger partial charge is 0.0572 e. The van der Waals surface area contributed by atoms with Crippen LogP contribution in [-0.2, 0) is 4.74 Å². The number of rotatable bonds is 1. The van der Waals surface area contributed by atoms with Crippen molar-refractivity contribution in [1.82, 2.24) is 0 Å². The minimum absolute atomic E-state index is 0.429. The molecule has 0 radical (unpaired) electrons. The van der Waals surface area contributed by atoms with Crippen LogP contribution in [0.25, 0.3) is 0 Å². The van der Waals surface area contributed by atoms with Crippen LogP contribution in [0.4, 0.5) is 0 Å². The first-order chi connectivity index (χ1) is 5.54. The van der Waals surface area contributed by atoms with Crippen molar-refractivity contribution in [2.75, 3.05) is 6.61 Å². The minimum Gasteiger partial charge on any atom is -0.378 e. The van der Waals surface area contributed by atoms with Gasteiger partial charge in [0.05, 0.1) is 12.7 Å². The van der Waals surface area contributed by atoms with Gasteiger partial charge in [0, 0.05) is 0 Å². The largest absolute Gasteiger partial charge is 0.378 e. The van der Waals surface area contributed by atoms with Crippen LogP contribution in [0.1, 0.15) is 47.0 Å². The van der Waals surface area contributed by atoms with Crippen molar-refractivity contribution in [1.29, 1.82) is 0 Å². The first-order valence-corrected chi connectivity index (χ1v) is 5.15. The molecule has 1 rings (SSSR count). The molecule has 0 saturated carbocycles. The van der Waals surface area contributed by atoms with Crippen molar-refractivity contribution in [2.45, 2.75) is 53.1 Å². The van der Waals surface area contributed by atoms with E-state index in [1.165, 1.54) is 19.3 Å². The predicted molar refractivity (Wildman–Crippen MR) is 52.2 cm³/mol. The minimum atomic E-state index is 0.429. The summed E-state index contributed by atoms with van der Waals surface area (Å²) in [6, 6.07) is 0. The van der Waals surface area contributed by atoms with Crippen LogP contribution in [0.5, 0.6) is 0 Å². The van der Waals surface area contributed by atoms with E-state index in [0.29, 0.717) is 11.5 Å². The van der Waals surface area contributed by atoms with Gasteiger partial charge in [0.25, 0.3) is 0 Å². The molecule has 12 heavy (non-hydrogen) atoms. The zero-order valence-electron chi connectivity index (χ0n) is 8.89. The van der Waals surface area contributed by atoms with Gasteiger partial charge < -0.3 is 4.74 Å². The van der Waals surface area contributed by atoms with Crippen molar-refractivity contribution in [3.05, 3.63) is 0 Å². The van der Waals surface area contributed by atoms with E-state index in [2.05, 4.69) is 27.7 Å². The summed E-state index contributed by atoms with van der Waals surface area (Å²) in [5.74, 6) is 0.764. The molecule has 2 unspecified atom stereocenters. The summed E-state index contributed by atoms with van der Waals surface area (Å²) in [4.78, 5) is 0. The highest BCUT2D eigenvalue weighted by molar-refractivity contribution is 4.78. The van der Waals surface area contributed by atoms with E-state index in [9.17, 15) is 0 Å². The monoisotopic (exact) mass is 170 g/mol. The number of hydrogen-bond acceptors (Lipinski definition) is 1. The lowest BCUT2D eigenvalue weighted by atomic mass is 9.77. The Hall–Kier alpha value is -0.0400. The van der Waals surface area contributed by atoms with E-state index in [-0.39, 0.29) is 0 Å². The Kier molecular flexibility index (Phi) is 3.16. The van der Waals surface area contributed by atoms with Gasteiger partial charge in [-0.05, 0) is 30.6 Å². The fourth-order valence-electron chi connectivity index (χ4n) is 1.81. The molecule has 2 atom stereocenters. The Morgan fingerprint density at radius 3 is 2.25 bits per heavy atom. The molecular formula is C11H22O. The van der Waals surface area contributed by atoms with Gasteiger partial charge in [0.15, 0.2) is 0 Å². The average molecular weight is 170 g/mol. The quantitative estimate of drug-likeness (QED) is 0.587. The Balaban J connectivity index is 2.36.